The van der Waals surface area contributed by atoms with E-state index < -0.39 is 6.29 Å². The summed E-state index contributed by atoms with van der Waals surface area (Å²) in [5.41, 5.74) is 0. The van der Waals surface area contributed by atoms with Crippen molar-refractivity contribution in [2.24, 2.45) is 0 Å². The van der Waals surface area contributed by atoms with Crippen molar-refractivity contribution in [3.05, 3.63) is 24.8 Å². The van der Waals surface area contributed by atoms with Crippen LogP contribution >= 0.6 is 0 Å². The van der Waals surface area contributed by atoms with Crippen LogP contribution < -0.4 is 0 Å². The van der Waals surface area contributed by atoms with Crippen molar-refractivity contribution in [2.75, 3.05) is 0 Å². The third-order valence-corrected chi connectivity index (χ3v) is 2.09. The molecule has 0 fully saturated rings. The minimum Gasteiger partial charge on any atom is -0.436 e. The van der Waals surface area contributed by atoms with E-state index in [0.717, 1.165) is 25.7 Å². The zero-order valence-corrected chi connectivity index (χ0v) is 10.0. The molecule has 0 aliphatic carbocycles. The lowest BCUT2D eigenvalue weighted by atomic mass is 10.2. The number of esters is 1. The van der Waals surface area contributed by atoms with Crippen LogP contribution in [0.4, 0.5) is 0 Å². The topological polar surface area (TPSA) is 46.5 Å². The fourth-order valence-corrected chi connectivity index (χ4v) is 1.16. The van der Waals surface area contributed by atoms with Gasteiger partial charge in [0.1, 0.15) is 0 Å². The second-order valence-corrected chi connectivity index (χ2v) is 3.58. The summed E-state index contributed by atoms with van der Waals surface area (Å²) in [5.74, 6) is -0.369. The summed E-state index contributed by atoms with van der Waals surface area (Å²) in [6, 6.07) is 0. The highest BCUT2D eigenvalue weighted by molar-refractivity contribution is 5.68. The summed E-state index contributed by atoms with van der Waals surface area (Å²) in [4.78, 5) is 10.8. The van der Waals surface area contributed by atoms with E-state index in [1.165, 1.54) is 0 Å². The fourth-order valence-electron chi connectivity index (χ4n) is 1.16. The van der Waals surface area contributed by atoms with E-state index >= 15 is 0 Å². The SMILES string of the molecule is C=CCCCC/C=C/CC(O)OC(=O)CC. The molecule has 0 saturated carbocycles. The van der Waals surface area contributed by atoms with Crippen LogP contribution in [0.15, 0.2) is 24.8 Å². The fraction of sp³-hybridized carbons (Fsp3) is 0.615. The number of allylic oxidation sites excluding steroid dienone is 2. The largest absolute Gasteiger partial charge is 0.436 e. The summed E-state index contributed by atoms with van der Waals surface area (Å²) in [6.45, 7) is 5.35. The number of rotatable bonds is 9. The highest BCUT2D eigenvalue weighted by atomic mass is 16.6. The van der Waals surface area contributed by atoms with Gasteiger partial charge in [-0.2, -0.15) is 0 Å². The molecule has 92 valence electrons. The maximum atomic E-state index is 10.8. The Balaban J connectivity index is 3.44. The van der Waals surface area contributed by atoms with Crippen molar-refractivity contribution in [2.45, 2.75) is 51.7 Å². The molecule has 0 heterocycles. The molecule has 1 N–H and O–H groups in total. The van der Waals surface area contributed by atoms with Crippen LogP contribution in [0.3, 0.4) is 0 Å². The molecule has 0 aliphatic rings. The second kappa shape index (κ2) is 10.4. The summed E-state index contributed by atoms with van der Waals surface area (Å²) in [6.07, 6.45) is 9.72. The lowest BCUT2D eigenvalue weighted by Gasteiger charge is -2.08. The van der Waals surface area contributed by atoms with Crippen LogP contribution in [0.5, 0.6) is 0 Å². The molecule has 1 atom stereocenters. The van der Waals surface area contributed by atoms with Crippen LogP contribution in [-0.2, 0) is 9.53 Å². The van der Waals surface area contributed by atoms with E-state index in [4.69, 9.17) is 4.74 Å². The highest BCUT2D eigenvalue weighted by Crippen LogP contribution is 2.03. The Morgan fingerprint density at radius 2 is 2.06 bits per heavy atom. The number of hydrogen-bond acceptors (Lipinski definition) is 3. The molecule has 3 heteroatoms. The van der Waals surface area contributed by atoms with Gasteiger partial charge in [0.05, 0.1) is 0 Å². The van der Waals surface area contributed by atoms with Crippen molar-refractivity contribution < 1.29 is 14.6 Å². The zero-order chi connectivity index (χ0) is 12.2. The van der Waals surface area contributed by atoms with Crippen LogP contribution in [0.1, 0.15) is 45.4 Å². The molecular weight excluding hydrogens is 204 g/mol. The van der Waals surface area contributed by atoms with Gasteiger partial charge in [0.15, 0.2) is 0 Å². The predicted octanol–water partition coefficient (Wildman–Crippen LogP) is 2.95. The number of aliphatic hydroxyl groups excluding tert-OH is 1. The summed E-state index contributed by atoms with van der Waals surface area (Å²) < 4.78 is 4.70. The van der Waals surface area contributed by atoms with E-state index in [-0.39, 0.29) is 5.97 Å². The van der Waals surface area contributed by atoms with E-state index in [9.17, 15) is 9.90 Å². The maximum Gasteiger partial charge on any atom is 0.307 e. The third-order valence-electron chi connectivity index (χ3n) is 2.09. The Hall–Kier alpha value is -1.09. The molecular formula is C13H22O3. The van der Waals surface area contributed by atoms with Gasteiger partial charge in [-0.05, 0) is 25.7 Å². The Kier molecular flexibility index (Phi) is 9.72. The standard InChI is InChI=1S/C13H22O3/c1-3-5-6-7-8-9-10-11-13(15)16-12(14)4-2/h3,9-10,13,15H,1,4-8,11H2,2H3/b10-9+. The molecule has 0 aromatic heterocycles. The lowest BCUT2D eigenvalue weighted by Crippen LogP contribution is -2.15. The normalized spacial score (nSPS) is 12.6. The van der Waals surface area contributed by atoms with Gasteiger partial charge in [0.2, 0.25) is 6.29 Å². The summed E-state index contributed by atoms with van der Waals surface area (Å²) in [7, 11) is 0. The number of aliphatic hydroxyl groups is 1. The third kappa shape index (κ3) is 9.46. The summed E-state index contributed by atoms with van der Waals surface area (Å²) in [5, 5.41) is 9.28. The van der Waals surface area contributed by atoms with Gasteiger partial charge >= 0.3 is 5.97 Å². The van der Waals surface area contributed by atoms with Gasteiger partial charge in [-0.25, -0.2) is 0 Å². The van der Waals surface area contributed by atoms with E-state index in [1.54, 1.807) is 6.92 Å². The molecule has 0 bridgehead atoms. The average Bonchev–Trinajstić information content (AvgIpc) is 2.27. The molecule has 0 rings (SSSR count). The first-order valence-electron chi connectivity index (χ1n) is 5.84. The van der Waals surface area contributed by atoms with Crippen molar-refractivity contribution in [1.82, 2.24) is 0 Å². The van der Waals surface area contributed by atoms with Gasteiger partial charge in [-0.3, -0.25) is 4.79 Å². The van der Waals surface area contributed by atoms with E-state index in [0.29, 0.717) is 12.8 Å². The van der Waals surface area contributed by atoms with Crippen molar-refractivity contribution in [3.63, 3.8) is 0 Å². The van der Waals surface area contributed by atoms with Crippen molar-refractivity contribution in [1.29, 1.82) is 0 Å². The van der Waals surface area contributed by atoms with Gasteiger partial charge < -0.3 is 9.84 Å². The first-order valence-corrected chi connectivity index (χ1v) is 5.84. The second-order valence-electron chi connectivity index (χ2n) is 3.58. The number of ether oxygens (including phenoxy) is 1. The Bertz CT molecular complexity index is 221. The summed E-state index contributed by atoms with van der Waals surface area (Å²) >= 11 is 0. The van der Waals surface area contributed by atoms with Gasteiger partial charge in [0, 0.05) is 12.8 Å². The van der Waals surface area contributed by atoms with Crippen molar-refractivity contribution >= 4 is 5.97 Å². The predicted molar refractivity (Wildman–Crippen MR) is 64.8 cm³/mol. The first kappa shape index (κ1) is 14.9. The van der Waals surface area contributed by atoms with Gasteiger partial charge in [-0.1, -0.05) is 25.2 Å². The molecule has 0 spiro atoms. The van der Waals surface area contributed by atoms with E-state index in [1.807, 2.05) is 18.2 Å². The highest BCUT2D eigenvalue weighted by Gasteiger charge is 2.06. The van der Waals surface area contributed by atoms with Crippen LogP contribution in [-0.4, -0.2) is 17.4 Å². The molecule has 0 aromatic carbocycles. The first-order chi connectivity index (χ1) is 7.70. The molecule has 1 unspecified atom stereocenters. The molecule has 0 radical (unpaired) electrons. The Morgan fingerprint density at radius 1 is 1.38 bits per heavy atom. The molecule has 0 saturated heterocycles. The van der Waals surface area contributed by atoms with Crippen LogP contribution in [0.2, 0.25) is 0 Å². The van der Waals surface area contributed by atoms with Gasteiger partial charge in [0.25, 0.3) is 0 Å². The number of carbonyl (C=O) groups excluding carboxylic acids is 1. The Labute approximate surface area is 97.8 Å². The number of hydrogen-bond donors (Lipinski definition) is 1. The molecule has 16 heavy (non-hydrogen) atoms. The number of carbonyl (C=O) groups is 1. The molecule has 0 amide bonds. The van der Waals surface area contributed by atoms with Crippen LogP contribution in [0.25, 0.3) is 0 Å². The van der Waals surface area contributed by atoms with Crippen molar-refractivity contribution in [3.8, 4) is 0 Å². The smallest absolute Gasteiger partial charge is 0.307 e. The monoisotopic (exact) mass is 226 g/mol. The van der Waals surface area contributed by atoms with E-state index in [2.05, 4.69) is 6.58 Å². The number of unbranched alkanes of at least 4 members (excludes halogenated alkanes) is 3. The lowest BCUT2D eigenvalue weighted by molar-refractivity contribution is -0.166. The maximum absolute atomic E-state index is 10.8. The molecule has 0 aliphatic heterocycles. The molecule has 0 aromatic rings. The average molecular weight is 226 g/mol. The zero-order valence-electron chi connectivity index (χ0n) is 10.0. The minimum atomic E-state index is -1.00. The Morgan fingerprint density at radius 3 is 2.69 bits per heavy atom. The van der Waals surface area contributed by atoms with Crippen LogP contribution in [0, 0.1) is 0 Å². The quantitative estimate of drug-likeness (QED) is 0.284. The minimum absolute atomic E-state index is 0.294. The van der Waals surface area contributed by atoms with Gasteiger partial charge in [-0.15, -0.1) is 6.58 Å². The molecule has 3 nitrogen and oxygen atoms in total.